The van der Waals surface area contributed by atoms with Gasteiger partial charge in [-0.3, -0.25) is 4.79 Å². The Kier molecular flexibility index (Phi) is 4.15. The van der Waals surface area contributed by atoms with Crippen LogP contribution in [0.4, 0.5) is 0 Å². The molecule has 1 rings (SSSR count). The first-order chi connectivity index (χ1) is 7.00. The van der Waals surface area contributed by atoms with Gasteiger partial charge < -0.3 is 9.84 Å². The van der Waals surface area contributed by atoms with Gasteiger partial charge in [0.15, 0.2) is 0 Å². The summed E-state index contributed by atoms with van der Waals surface area (Å²) in [6.45, 7) is 5.52. The van der Waals surface area contributed by atoms with Gasteiger partial charge >= 0.3 is 0 Å². The van der Waals surface area contributed by atoms with Crippen molar-refractivity contribution >= 4 is 17.5 Å². The third-order valence-corrected chi connectivity index (χ3v) is 2.23. The highest BCUT2D eigenvalue weighted by atomic mass is 35.5. The van der Waals surface area contributed by atoms with E-state index in [1.165, 1.54) is 6.20 Å². The quantitative estimate of drug-likeness (QED) is 0.807. The standard InChI is InChI=1S/C10H15ClN2O2/c1-6(11)4-7(2)13-10(14)9-5-12-15-8(9)3/h5-7H,4H2,1-3H3,(H,13,14). The summed E-state index contributed by atoms with van der Waals surface area (Å²) in [7, 11) is 0. The van der Waals surface area contributed by atoms with E-state index in [0.29, 0.717) is 11.3 Å². The van der Waals surface area contributed by atoms with Crippen LogP contribution in [0.2, 0.25) is 0 Å². The fraction of sp³-hybridized carbons (Fsp3) is 0.600. The summed E-state index contributed by atoms with van der Waals surface area (Å²) in [6, 6.07) is 0.0410. The van der Waals surface area contributed by atoms with E-state index < -0.39 is 0 Å². The Bertz CT molecular complexity index is 336. The zero-order valence-electron chi connectivity index (χ0n) is 9.08. The number of aryl methyl sites for hydroxylation is 1. The molecule has 5 heteroatoms. The number of hydrogen-bond donors (Lipinski definition) is 1. The maximum absolute atomic E-state index is 11.7. The summed E-state index contributed by atoms with van der Waals surface area (Å²) in [5.74, 6) is 0.359. The number of carbonyl (C=O) groups excluding carboxylic acids is 1. The van der Waals surface area contributed by atoms with Crippen LogP contribution in [0.5, 0.6) is 0 Å². The van der Waals surface area contributed by atoms with Crippen LogP contribution in [0, 0.1) is 6.92 Å². The number of aromatic nitrogens is 1. The molecule has 0 fully saturated rings. The molecule has 0 bridgehead atoms. The van der Waals surface area contributed by atoms with E-state index in [1.807, 2.05) is 13.8 Å². The van der Waals surface area contributed by atoms with Gasteiger partial charge in [-0.15, -0.1) is 11.6 Å². The maximum Gasteiger partial charge on any atom is 0.256 e. The largest absolute Gasteiger partial charge is 0.361 e. The average Bonchev–Trinajstić information content (AvgIpc) is 2.49. The van der Waals surface area contributed by atoms with Crippen molar-refractivity contribution in [2.45, 2.75) is 38.6 Å². The Morgan fingerprint density at radius 2 is 2.33 bits per heavy atom. The topological polar surface area (TPSA) is 55.1 Å². The third-order valence-electron chi connectivity index (χ3n) is 2.05. The van der Waals surface area contributed by atoms with Crippen molar-refractivity contribution in [3.63, 3.8) is 0 Å². The second-order valence-electron chi connectivity index (χ2n) is 3.69. The van der Waals surface area contributed by atoms with E-state index >= 15 is 0 Å². The summed E-state index contributed by atoms with van der Waals surface area (Å²) >= 11 is 5.83. The Morgan fingerprint density at radius 3 is 2.80 bits per heavy atom. The molecule has 0 aliphatic heterocycles. The lowest BCUT2D eigenvalue weighted by Crippen LogP contribution is -2.34. The van der Waals surface area contributed by atoms with E-state index in [4.69, 9.17) is 16.1 Å². The van der Waals surface area contributed by atoms with Gasteiger partial charge in [-0.1, -0.05) is 5.16 Å². The van der Waals surface area contributed by atoms with Crippen LogP contribution in [0.15, 0.2) is 10.7 Å². The highest BCUT2D eigenvalue weighted by Crippen LogP contribution is 2.08. The number of rotatable bonds is 4. The van der Waals surface area contributed by atoms with Crippen molar-refractivity contribution < 1.29 is 9.32 Å². The van der Waals surface area contributed by atoms with E-state index in [1.54, 1.807) is 6.92 Å². The molecule has 4 nitrogen and oxygen atoms in total. The Labute approximate surface area is 94.0 Å². The molecule has 1 aromatic rings. The van der Waals surface area contributed by atoms with Crippen LogP contribution in [0.3, 0.4) is 0 Å². The van der Waals surface area contributed by atoms with Gasteiger partial charge in [0.25, 0.3) is 5.91 Å². The molecule has 2 atom stereocenters. The average molecular weight is 231 g/mol. The van der Waals surface area contributed by atoms with Gasteiger partial charge in [0.1, 0.15) is 11.3 Å². The van der Waals surface area contributed by atoms with Crippen molar-refractivity contribution in [1.82, 2.24) is 10.5 Å². The SMILES string of the molecule is Cc1oncc1C(=O)NC(C)CC(C)Cl. The molecule has 1 aromatic heterocycles. The molecule has 0 aromatic carbocycles. The molecule has 0 aliphatic carbocycles. The molecule has 15 heavy (non-hydrogen) atoms. The molecule has 1 amide bonds. The number of nitrogens with one attached hydrogen (secondary N) is 1. The Balaban J connectivity index is 2.53. The number of amides is 1. The predicted octanol–water partition coefficient (Wildman–Crippen LogP) is 2.12. The number of nitrogens with zero attached hydrogens (tertiary/aromatic N) is 1. The van der Waals surface area contributed by atoms with Gasteiger partial charge in [0, 0.05) is 11.4 Å². The second-order valence-corrected chi connectivity index (χ2v) is 4.43. The number of carbonyl (C=O) groups is 1. The van der Waals surface area contributed by atoms with Crippen molar-refractivity contribution in [2.24, 2.45) is 0 Å². The molecular weight excluding hydrogens is 216 g/mol. The van der Waals surface area contributed by atoms with E-state index in [9.17, 15) is 4.79 Å². The molecule has 0 spiro atoms. The summed E-state index contributed by atoms with van der Waals surface area (Å²) in [5.41, 5.74) is 0.476. The summed E-state index contributed by atoms with van der Waals surface area (Å²) in [4.78, 5) is 11.7. The Hall–Kier alpha value is -1.03. The van der Waals surface area contributed by atoms with Crippen molar-refractivity contribution in [3.05, 3.63) is 17.5 Å². The molecule has 1 N–H and O–H groups in total. The van der Waals surface area contributed by atoms with Crippen molar-refractivity contribution in [3.8, 4) is 0 Å². The lowest BCUT2D eigenvalue weighted by molar-refractivity contribution is 0.0937. The van der Waals surface area contributed by atoms with Crippen LogP contribution in [0.25, 0.3) is 0 Å². The monoisotopic (exact) mass is 230 g/mol. The normalized spacial score (nSPS) is 14.7. The minimum atomic E-state index is -0.168. The van der Waals surface area contributed by atoms with Crippen LogP contribution in [-0.2, 0) is 0 Å². The first-order valence-electron chi connectivity index (χ1n) is 4.87. The Morgan fingerprint density at radius 1 is 1.67 bits per heavy atom. The zero-order valence-corrected chi connectivity index (χ0v) is 9.84. The first-order valence-corrected chi connectivity index (χ1v) is 5.30. The smallest absolute Gasteiger partial charge is 0.256 e. The summed E-state index contributed by atoms with van der Waals surface area (Å²) < 4.78 is 4.81. The van der Waals surface area contributed by atoms with Crippen LogP contribution < -0.4 is 5.32 Å². The third kappa shape index (κ3) is 3.55. The van der Waals surface area contributed by atoms with Gasteiger partial charge in [-0.25, -0.2) is 0 Å². The summed E-state index contributed by atoms with van der Waals surface area (Å²) in [6.07, 6.45) is 2.15. The van der Waals surface area contributed by atoms with Gasteiger partial charge in [0.2, 0.25) is 0 Å². The van der Waals surface area contributed by atoms with E-state index in [0.717, 1.165) is 6.42 Å². The molecular formula is C10H15ClN2O2. The van der Waals surface area contributed by atoms with Crippen LogP contribution in [-0.4, -0.2) is 22.5 Å². The lowest BCUT2D eigenvalue weighted by atomic mass is 10.1. The lowest BCUT2D eigenvalue weighted by Gasteiger charge is -2.14. The molecule has 84 valence electrons. The highest BCUT2D eigenvalue weighted by molar-refractivity contribution is 6.20. The molecule has 0 aliphatic rings. The molecule has 0 saturated heterocycles. The predicted molar refractivity (Wildman–Crippen MR) is 58.1 cm³/mol. The van der Waals surface area contributed by atoms with Crippen molar-refractivity contribution in [1.29, 1.82) is 0 Å². The molecule has 0 radical (unpaired) electrons. The van der Waals surface area contributed by atoms with E-state index in [-0.39, 0.29) is 17.3 Å². The van der Waals surface area contributed by atoms with Gasteiger partial charge in [-0.2, -0.15) is 0 Å². The van der Waals surface area contributed by atoms with E-state index in [2.05, 4.69) is 10.5 Å². The maximum atomic E-state index is 11.7. The zero-order chi connectivity index (χ0) is 11.4. The minimum Gasteiger partial charge on any atom is -0.361 e. The van der Waals surface area contributed by atoms with Crippen molar-refractivity contribution in [2.75, 3.05) is 0 Å². The van der Waals surface area contributed by atoms with Gasteiger partial charge in [0.05, 0.1) is 6.20 Å². The second kappa shape index (κ2) is 5.16. The molecule has 0 saturated carbocycles. The first kappa shape index (κ1) is 12.0. The van der Waals surface area contributed by atoms with Crippen LogP contribution in [0.1, 0.15) is 36.4 Å². The fourth-order valence-electron chi connectivity index (χ4n) is 1.36. The molecule has 2 unspecified atom stereocenters. The highest BCUT2D eigenvalue weighted by Gasteiger charge is 2.15. The van der Waals surface area contributed by atoms with Crippen LogP contribution >= 0.6 is 11.6 Å². The number of halogens is 1. The molecule has 1 heterocycles. The fourth-order valence-corrected chi connectivity index (χ4v) is 1.63. The number of hydrogen-bond acceptors (Lipinski definition) is 3. The number of alkyl halides is 1. The summed E-state index contributed by atoms with van der Waals surface area (Å²) in [5, 5.41) is 6.43. The van der Waals surface area contributed by atoms with Gasteiger partial charge in [-0.05, 0) is 27.2 Å². The minimum absolute atomic E-state index is 0.0410.